The first-order valence-corrected chi connectivity index (χ1v) is 14.8. The van der Waals surface area contributed by atoms with Crippen molar-refractivity contribution in [2.24, 2.45) is 5.92 Å². The Kier molecular flexibility index (Phi) is 8.18. The van der Waals surface area contributed by atoms with Crippen LogP contribution in [0.5, 0.6) is 0 Å². The molecular weight excluding hydrogens is 530 g/mol. The summed E-state index contributed by atoms with van der Waals surface area (Å²) in [7, 11) is 0. The second kappa shape index (κ2) is 11.6. The Hall–Kier alpha value is -2.40. The smallest absolute Gasteiger partial charge is 0.306 e. The molecule has 2 aliphatic rings. The van der Waals surface area contributed by atoms with E-state index in [2.05, 4.69) is 21.8 Å². The molecule has 0 aliphatic carbocycles. The van der Waals surface area contributed by atoms with Gasteiger partial charge in [-0.15, -0.1) is 22.7 Å². The average molecular weight is 560 g/mol. The van der Waals surface area contributed by atoms with Crippen LogP contribution < -0.4 is 4.90 Å². The molecule has 0 unspecified atom stereocenters. The molecule has 0 bridgehead atoms. The lowest BCUT2D eigenvalue weighted by Crippen LogP contribution is -2.36. The van der Waals surface area contributed by atoms with Gasteiger partial charge >= 0.3 is 5.97 Å². The molecule has 0 saturated carbocycles. The topological polar surface area (TPSA) is 99.5 Å². The van der Waals surface area contributed by atoms with Crippen molar-refractivity contribution in [1.82, 2.24) is 19.9 Å². The number of thiophene rings is 1. The van der Waals surface area contributed by atoms with Crippen LogP contribution in [0.4, 0.5) is 5.82 Å². The summed E-state index contributed by atoms with van der Waals surface area (Å²) < 4.78 is 0. The van der Waals surface area contributed by atoms with E-state index in [1.165, 1.54) is 23.9 Å². The summed E-state index contributed by atoms with van der Waals surface area (Å²) >= 11 is 9.39. The number of likely N-dealkylation sites (tertiary alicyclic amines) is 1. The van der Waals surface area contributed by atoms with Crippen LogP contribution >= 0.6 is 34.3 Å². The maximum Gasteiger partial charge on any atom is 0.306 e. The normalized spacial score (nSPS) is 19.0. The van der Waals surface area contributed by atoms with Gasteiger partial charge in [-0.3, -0.25) is 14.5 Å². The van der Waals surface area contributed by atoms with Gasteiger partial charge in [-0.2, -0.15) is 0 Å². The minimum atomic E-state index is -0.743. The summed E-state index contributed by atoms with van der Waals surface area (Å²) in [6.45, 7) is 5.40. The molecule has 1 N–H and O–H groups in total. The van der Waals surface area contributed by atoms with Crippen molar-refractivity contribution in [1.29, 1.82) is 0 Å². The van der Waals surface area contributed by atoms with Crippen LogP contribution in [0.25, 0.3) is 10.6 Å². The van der Waals surface area contributed by atoms with E-state index < -0.39 is 5.97 Å². The fourth-order valence-corrected chi connectivity index (χ4v) is 7.44. The molecule has 3 aromatic heterocycles. The van der Waals surface area contributed by atoms with E-state index in [4.69, 9.17) is 16.6 Å². The summed E-state index contributed by atoms with van der Waals surface area (Å²) in [5.41, 5.74) is 1.24. The zero-order valence-corrected chi connectivity index (χ0v) is 23.1. The van der Waals surface area contributed by atoms with Gasteiger partial charge in [0.15, 0.2) is 5.78 Å². The number of rotatable bonds is 9. The molecule has 2 saturated heterocycles. The Morgan fingerprint density at radius 2 is 1.97 bits per heavy atom. The first kappa shape index (κ1) is 26.2. The molecule has 0 amide bonds. The Morgan fingerprint density at radius 1 is 1.16 bits per heavy atom. The van der Waals surface area contributed by atoms with Crippen molar-refractivity contribution in [2.75, 3.05) is 24.5 Å². The second-order valence-electron chi connectivity index (χ2n) is 9.64. The average Bonchev–Trinajstić information content (AvgIpc) is 3.64. The number of Topliss-reactive ketones (excluding diaryl/α,β-unsaturated/α-hetero) is 1. The minimum absolute atomic E-state index is 0.118. The van der Waals surface area contributed by atoms with Crippen molar-refractivity contribution in [3.63, 3.8) is 0 Å². The largest absolute Gasteiger partial charge is 0.481 e. The van der Waals surface area contributed by atoms with E-state index in [1.807, 2.05) is 16.3 Å². The number of piperidine rings is 1. The quantitative estimate of drug-likeness (QED) is 0.347. The Morgan fingerprint density at radius 3 is 2.62 bits per heavy atom. The van der Waals surface area contributed by atoms with Gasteiger partial charge in [-0.25, -0.2) is 15.0 Å². The van der Waals surface area contributed by atoms with Crippen LogP contribution in [0, 0.1) is 5.92 Å². The van der Waals surface area contributed by atoms with Crippen molar-refractivity contribution >= 4 is 51.8 Å². The van der Waals surface area contributed by atoms with E-state index in [1.54, 1.807) is 28.9 Å². The van der Waals surface area contributed by atoms with Crippen LogP contribution in [0.2, 0.25) is 5.02 Å². The van der Waals surface area contributed by atoms with Gasteiger partial charge in [-0.1, -0.05) is 18.5 Å². The number of carboxylic acid groups (broad SMARTS) is 1. The molecule has 3 aromatic rings. The van der Waals surface area contributed by atoms with Gasteiger partial charge < -0.3 is 10.0 Å². The lowest BCUT2D eigenvalue weighted by Gasteiger charge is -2.30. The van der Waals surface area contributed by atoms with Crippen molar-refractivity contribution in [3.8, 4) is 10.6 Å². The summed E-state index contributed by atoms with van der Waals surface area (Å²) in [6.07, 6.45) is 8.05. The molecule has 2 aliphatic heterocycles. The first-order chi connectivity index (χ1) is 17.9. The highest BCUT2D eigenvalue weighted by atomic mass is 35.5. The number of aromatic nitrogens is 3. The zero-order chi connectivity index (χ0) is 25.9. The van der Waals surface area contributed by atoms with Gasteiger partial charge in [0.05, 0.1) is 40.3 Å². The van der Waals surface area contributed by atoms with Gasteiger partial charge in [0.25, 0.3) is 0 Å². The Bertz CT molecular complexity index is 1250. The van der Waals surface area contributed by atoms with E-state index in [-0.39, 0.29) is 18.1 Å². The minimum Gasteiger partial charge on any atom is -0.481 e. The fourth-order valence-electron chi connectivity index (χ4n) is 5.17. The SMILES string of the molecule is CC[C@@H]1CCCN1Cc1sc(CC(=O)c2cnc(N3CCC(C(=O)O)CC3)cn2)nc1-c1cc(Cl)cs1. The molecule has 11 heteroatoms. The molecule has 5 rings (SSSR count). The molecule has 5 heterocycles. The number of hydrogen-bond acceptors (Lipinski definition) is 9. The third kappa shape index (κ3) is 6.03. The highest BCUT2D eigenvalue weighted by Gasteiger charge is 2.27. The van der Waals surface area contributed by atoms with Crippen LogP contribution in [-0.4, -0.2) is 62.4 Å². The monoisotopic (exact) mass is 559 g/mol. The summed E-state index contributed by atoms with van der Waals surface area (Å²) in [6, 6.07) is 2.54. The van der Waals surface area contributed by atoms with Crippen molar-refractivity contribution in [2.45, 2.75) is 58.0 Å². The lowest BCUT2D eigenvalue weighted by molar-refractivity contribution is -0.142. The number of aliphatic carboxylic acids is 1. The number of carbonyl (C=O) groups is 2. The Balaban J connectivity index is 1.29. The summed E-state index contributed by atoms with van der Waals surface area (Å²) in [4.78, 5) is 44.7. The first-order valence-electron chi connectivity index (χ1n) is 12.7. The Labute approximate surface area is 229 Å². The molecule has 2 fully saturated rings. The third-order valence-electron chi connectivity index (χ3n) is 7.26. The maximum atomic E-state index is 13.1. The summed E-state index contributed by atoms with van der Waals surface area (Å²) in [5, 5.41) is 12.6. The van der Waals surface area contributed by atoms with E-state index >= 15 is 0 Å². The molecule has 196 valence electrons. The molecular formula is C26H30ClN5O3S2. The van der Waals surface area contributed by atoms with Gasteiger partial charge in [-0.05, 0) is 44.7 Å². The molecule has 8 nitrogen and oxygen atoms in total. The number of ketones is 1. The van der Waals surface area contributed by atoms with Gasteiger partial charge in [0.1, 0.15) is 16.5 Å². The number of halogens is 1. The highest BCUT2D eigenvalue weighted by molar-refractivity contribution is 7.15. The van der Waals surface area contributed by atoms with Crippen molar-refractivity contribution < 1.29 is 14.7 Å². The van der Waals surface area contributed by atoms with Crippen LogP contribution in [0.1, 0.15) is 59.4 Å². The zero-order valence-electron chi connectivity index (χ0n) is 20.7. The van der Waals surface area contributed by atoms with Crippen LogP contribution in [-0.2, 0) is 17.8 Å². The number of thiazole rings is 1. The number of carboxylic acids is 1. The molecule has 0 aromatic carbocycles. The van der Waals surface area contributed by atoms with E-state index in [0.29, 0.717) is 48.5 Å². The summed E-state index contributed by atoms with van der Waals surface area (Å²) in [5.74, 6) is -0.494. The fraction of sp³-hybridized carbons (Fsp3) is 0.500. The lowest BCUT2D eigenvalue weighted by atomic mass is 9.97. The number of nitrogens with zero attached hydrogens (tertiary/aromatic N) is 5. The number of carbonyl (C=O) groups excluding carboxylic acids is 1. The van der Waals surface area contributed by atoms with Crippen molar-refractivity contribution in [3.05, 3.63) is 44.4 Å². The maximum absolute atomic E-state index is 13.1. The predicted octanol–water partition coefficient (Wildman–Crippen LogP) is 5.42. The molecule has 1 atom stereocenters. The highest BCUT2D eigenvalue weighted by Crippen LogP contribution is 2.36. The second-order valence-corrected chi connectivity index (χ2v) is 12.2. The number of hydrogen-bond donors (Lipinski definition) is 1. The molecule has 37 heavy (non-hydrogen) atoms. The third-order valence-corrected chi connectivity index (χ3v) is 9.59. The van der Waals surface area contributed by atoms with Crippen LogP contribution in [0.15, 0.2) is 23.8 Å². The molecule has 0 radical (unpaired) electrons. The standard InChI is InChI=1S/C26H30ClN5O3S2/c1-2-18-4-3-7-32(18)14-22-25(21-10-17(27)15-36-21)30-24(37-22)11-20(33)19-12-29-23(13-28-19)31-8-5-16(6-9-31)26(34)35/h10,12-13,15-16,18H,2-9,11,14H2,1H3,(H,34,35)/t18-/m1/s1. The van der Waals surface area contributed by atoms with Crippen LogP contribution in [0.3, 0.4) is 0 Å². The van der Waals surface area contributed by atoms with E-state index in [9.17, 15) is 14.7 Å². The predicted molar refractivity (Wildman–Crippen MR) is 147 cm³/mol. The van der Waals surface area contributed by atoms with Gasteiger partial charge in [0, 0.05) is 35.9 Å². The molecule has 0 spiro atoms. The van der Waals surface area contributed by atoms with E-state index in [0.717, 1.165) is 35.1 Å². The van der Waals surface area contributed by atoms with Gasteiger partial charge in [0.2, 0.25) is 0 Å². The number of anilines is 1.